The first kappa shape index (κ1) is 21.3. The van der Waals surface area contributed by atoms with Crippen LogP contribution in [0.4, 0.5) is 0 Å². The summed E-state index contributed by atoms with van der Waals surface area (Å²) in [7, 11) is -4.27. The fourth-order valence-electron chi connectivity index (χ4n) is 1.77. The second kappa shape index (κ2) is 10.4. The number of carbonyl (C=O) groups is 1. The number of aryl methyl sites for hydroxylation is 1. The Balaban J connectivity index is 0.000000208. The van der Waals surface area contributed by atoms with Crippen molar-refractivity contribution in [1.82, 2.24) is 0 Å². The number of halogens is 1. The maximum atomic E-state index is 11.6. The summed E-state index contributed by atoms with van der Waals surface area (Å²) >= 11 is 1.08. The zero-order valence-electron chi connectivity index (χ0n) is 14.3. The average Bonchev–Trinajstić information content (AvgIpc) is 3.17. The molecule has 0 saturated carbocycles. The average molecular weight is 510 g/mol. The summed E-state index contributed by atoms with van der Waals surface area (Å²) in [6.45, 7) is 1.82. The van der Waals surface area contributed by atoms with Crippen molar-refractivity contribution in [2.75, 3.05) is 0 Å². The summed E-state index contributed by atoms with van der Waals surface area (Å²) in [6.07, 6.45) is 0. The van der Waals surface area contributed by atoms with Crippen LogP contribution in [0.1, 0.15) is 15.2 Å². The molecule has 0 aliphatic heterocycles. The number of thiophene rings is 1. The van der Waals surface area contributed by atoms with E-state index in [0.29, 0.717) is 0 Å². The van der Waals surface area contributed by atoms with Crippen LogP contribution < -0.4 is 21.2 Å². The lowest BCUT2D eigenvalue weighted by Gasteiger charge is -2.05. The van der Waals surface area contributed by atoms with Crippen LogP contribution in [0.2, 0.25) is 0 Å². The van der Waals surface area contributed by atoms with E-state index in [0.717, 1.165) is 10.4 Å². The van der Waals surface area contributed by atoms with E-state index in [2.05, 4.69) is 22.0 Å². The molecule has 0 atom stereocenters. The van der Waals surface area contributed by atoms with Crippen molar-refractivity contribution in [3.63, 3.8) is 0 Å². The van der Waals surface area contributed by atoms with Crippen LogP contribution >= 0.6 is 11.3 Å². The van der Waals surface area contributed by atoms with Gasteiger partial charge in [-0.25, -0.2) is 8.42 Å². The van der Waals surface area contributed by atoms with E-state index >= 15 is 0 Å². The van der Waals surface area contributed by atoms with Crippen molar-refractivity contribution in [1.29, 1.82) is 0 Å². The topological polar surface area (TPSA) is 74.3 Å². The Morgan fingerprint density at radius 3 is 2.22 bits per heavy atom. The zero-order chi connectivity index (χ0) is 19.7. The fraction of sp³-hybridized carbons (Fsp3) is 0.0500. The number of ketones is 1. The van der Waals surface area contributed by atoms with Gasteiger partial charge in [0.15, 0.2) is 3.93 Å². The number of Topliss-reactive ketones (excluding diaryl/α,β-unsaturated/α-hetero) is 1. The molecule has 3 rings (SSSR count). The predicted octanol–water partition coefficient (Wildman–Crippen LogP) is 0.750. The summed E-state index contributed by atoms with van der Waals surface area (Å²) in [5, 5.41) is 1.89. The van der Waals surface area contributed by atoms with E-state index in [1.165, 1.54) is 27.0 Å². The molecule has 0 amide bonds. The van der Waals surface area contributed by atoms with Crippen LogP contribution in [0.5, 0.6) is 0 Å². The first-order chi connectivity index (χ1) is 12.9. The minimum atomic E-state index is -4.27. The second-order valence-electron chi connectivity index (χ2n) is 5.18. The first-order valence-corrected chi connectivity index (χ1v) is 12.1. The van der Waals surface area contributed by atoms with Gasteiger partial charge >= 0.3 is 21.2 Å². The molecule has 0 N–H and O–H groups in total. The molecule has 0 spiro atoms. The number of hydrogen-bond donors (Lipinski definition) is 0. The summed E-state index contributed by atoms with van der Waals surface area (Å²) in [5.74, 6) is 2.64. The molecule has 7 heteroatoms. The minimum Gasteiger partial charge on any atom is -0.744 e. The van der Waals surface area contributed by atoms with Gasteiger partial charge in [-0.2, -0.15) is 0 Å². The van der Waals surface area contributed by atoms with E-state index in [1.54, 1.807) is 12.1 Å². The molecule has 1 heterocycles. The predicted molar refractivity (Wildman–Crippen MR) is 101 cm³/mol. The van der Waals surface area contributed by atoms with Gasteiger partial charge in [0.1, 0.15) is 10.1 Å². The lowest BCUT2D eigenvalue weighted by atomic mass is 10.2. The fourth-order valence-corrected chi connectivity index (χ4v) is 4.33. The van der Waals surface area contributed by atoms with Gasteiger partial charge in [0, 0.05) is 5.92 Å². The quantitative estimate of drug-likeness (QED) is 0.226. The molecule has 0 radical (unpaired) electrons. The largest absolute Gasteiger partial charge is 0.744 e. The van der Waals surface area contributed by atoms with Gasteiger partial charge in [-0.1, -0.05) is 42.0 Å². The van der Waals surface area contributed by atoms with E-state index < -0.39 is 10.1 Å². The van der Waals surface area contributed by atoms with E-state index in [-0.39, 0.29) is 31.9 Å². The highest BCUT2D eigenvalue weighted by atomic mass is 127. The van der Waals surface area contributed by atoms with Gasteiger partial charge in [0.05, 0.1) is 9.77 Å². The van der Waals surface area contributed by atoms with E-state index in [9.17, 15) is 17.8 Å². The van der Waals surface area contributed by atoms with Gasteiger partial charge < -0.3 is 4.55 Å². The molecule has 0 aliphatic rings. The highest BCUT2D eigenvalue weighted by molar-refractivity contribution is 7.85. The molecule has 2 aromatic carbocycles. The number of benzene rings is 2. The zero-order valence-corrected chi connectivity index (χ0v) is 18.0. The maximum Gasteiger partial charge on any atom is 0.420 e. The van der Waals surface area contributed by atoms with Crippen molar-refractivity contribution in [2.24, 2.45) is 0 Å². The second-order valence-corrected chi connectivity index (χ2v) is 9.83. The van der Waals surface area contributed by atoms with Crippen molar-refractivity contribution in [3.05, 3.63) is 86.1 Å². The summed E-state index contributed by atoms with van der Waals surface area (Å²) in [5.41, 5.74) is 0.928. The molecular weight excluding hydrogens is 495 g/mol. The lowest BCUT2D eigenvalue weighted by molar-refractivity contribution is -0.535. The molecule has 0 aliphatic carbocycles. The molecule has 0 bridgehead atoms. The van der Waals surface area contributed by atoms with Gasteiger partial charge in [0.25, 0.3) is 0 Å². The normalized spacial score (nSPS) is 10.1. The van der Waals surface area contributed by atoms with Gasteiger partial charge in [-0.05, 0) is 42.6 Å². The number of carbonyl (C=O) groups excluding carboxylic acids is 1. The van der Waals surface area contributed by atoms with Gasteiger partial charge in [0.2, 0.25) is 9.35 Å². The highest BCUT2D eigenvalue weighted by Crippen LogP contribution is 2.08. The third-order valence-electron chi connectivity index (χ3n) is 3.10. The molecule has 0 unspecified atom stereocenters. The minimum absolute atomic E-state index is 0.0642. The Morgan fingerprint density at radius 1 is 1.00 bits per heavy atom. The van der Waals surface area contributed by atoms with Crippen LogP contribution in [0, 0.1) is 20.3 Å². The lowest BCUT2D eigenvalue weighted by Crippen LogP contribution is -3.59. The first-order valence-electron chi connectivity index (χ1n) is 7.66. The Bertz CT molecular complexity index is 1030. The van der Waals surface area contributed by atoms with Crippen LogP contribution in [-0.2, 0) is 10.1 Å². The molecule has 4 nitrogen and oxygen atoms in total. The maximum absolute atomic E-state index is 11.6. The Labute approximate surface area is 173 Å². The van der Waals surface area contributed by atoms with Gasteiger partial charge in [-0.3, -0.25) is 4.79 Å². The van der Waals surface area contributed by atoms with Crippen molar-refractivity contribution >= 4 is 27.2 Å². The molecule has 0 fully saturated rings. The Kier molecular flexibility index (Phi) is 8.19. The van der Waals surface area contributed by atoms with Gasteiger partial charge in [-0.15, -0.1) is 11.3 Å². The SMILES string of the molecule is Cc1ccc(S(=O)(=O)[O-])cc1.O=C(C#C[I+]c1ccccc1)c1cccs1. The third kappa shape index (κ3) is 7.64. The molecule has 1 aromatic heterocycles. The Hall–Kier alpha value is -1.99. The summed E-state index contributed by atoms with van der Waals surface area (Å²) in [6, 6.07) is 19.5. The molecule has 27 heavy (non-hydrogen) atoms. The van der Waals surface area contributed by atoms with Crippen molar-refractivity contribution < 1.29 is 39.0 Å². The third-order valence-corrected chi connectivity index (χ3v) is 6.70. The smallest absolute Gasteiger partial charge is 0.420 e. The monoisotopic (exact) mass is 510 g/mol. The number of hydrogen-bond acceptors (Lipinski definition) is 5. The summed E-state index contributed by atoms with van der Waals surface area (Å²) < 4.78 is 35.4. The number of rotatable bonds is 3. The molecule has 138 valence electrons. The van der Waals surface area contributed by atoms with Crippen LogP contribution in [0.15, 0.2) is 77.0 Å². The summed E-state index contributed by atoms with van der Waals surface area (Å²) in [4.78, 5) is 12.1. The van der Waals surface area contributed by atoms with Crippen LogP contribution in [-0.4, -0.2) is 18.8 Å². The Morgan fingerprint density at radius 2 is 1.67 bits per heavy atom. The van der Waals surface area contributed by atoms with E-state index in [1.807, 2.05) is 42.6 Å². The molecular formula is C20H15IO4S2. The van der Waals surface area contributed by atoms with Crippen molar-refractivity contribution in [2.45, 2.75) is 11.8 Å². The molecule has 0 saturated heterocycles. The van der Waals surface area contributed by atoms with E-state index in [4.69, 9.17) is 0 Å². The van der Waals surface area contributed by atoms with Crippen LogP contribution in [0.3, 0.4) is 0 Å². The standard InChI is InChI=1S/C13H8IOS.C7H8O3S/c15-12(13-7-4-10-16-13)8-9-14-11-5-2-1-3-6-11;1-6-2-4-7(5-3-6)11(8,9)10/h1-7,10H;2-5H,1H3,(H,8,9,10)/q+1;/p-1. The van der Waals surface area contributed by atoms with Crippen molar-refractivity contribution in [3.8, 4) is 9.85 Å². The van der Waals surface area contributed by atoms with Crippen LogP contribution in [0.25, 0.3) is 0 Å². The highest BCUT2D eigenvalue weighted by Gasteiger charge is 2.08. The molecule has 3 aromatic rings.